The van der Waals surface area contributed by atoms with Crippen LogP contribution in [-0.2, 0) is 6.42 Å². The highest BCUT2D eigenvalue weighted by Crippen LogP contribution is 2.27. The number of thiophene rings is 1. The van der Waals surface area contributed by atoms with Gasteiger partial charge in [-0.1, -0.05) is 31.3 Å². The molecule has 1 N–H and O–H groups in total. The van der Waals surface area contributed by atoms with Crippen LogP contribution in [0.5, 0.6) is 0 Å². The Morgan fingerprint density at radius 3 is 2.94 bits per heavy atom. The van der Waals surface area contributed by atoms with Crippen molar-refractivity contribution >= 4 is 34.5 Å². The third kappa shape index (κ3) is 1.98. The zero-order valence-corrected chi connectivity index (χ0v) is 11.6. The van der Waals surface area contributed by atoms with Gasteiger partial charge in [-0.25, -0.2) is 4.98 Å². The fraction of sp³-hybridized carbons (Fsp3) is 0.143. The van der Waals surface area contributed by atoms with E-state index in [1.54, 1.807) is 11.3 Å². The number of aromatic nitrogens is 2. The van der Waals surface area contributed by atoms with Gasteiger partial charge in [0.05, 0.1) is 0 Å². The molecule has 0 bridgehead atoms. The summed E-state index contributed by atoms with van der Waals surface area (Å²) in [5, 5.41) is 3.10. The van der Waals surface area contributed by atoms with Gasteiger partial charge in [-0.05, 0) is 29.1 Å². The van der Waals surface area contributed by atoms with Crippen LogP contribution >= 0.6 is 23.6 Å². The second kappa shape index (κ2) is 4.63. The highest BCUT2D eigenvalue weighted by atomic mass is 32.1. The van der Waals surface area contributed by atoms with E-state index >= 15 is 0 Å². The number of aryl methyl sites for hydroxylation is 1. The molecule has 0 radical (unpaired) electrons. The van der Waals surface area contributed by atoms with Gasteiger partial charge < -0.3 is 4.98 Å². The molecule has 0 unspecified atom stereocenters. The lowest BCUT2D eigenvalue weighted by Crippen LogP contribution is -1.94. The molecule has 18 heavy (non-hydrogen) atoms. The molecular weight excluding hydrogens is 260 g/mol. The molecule has 2 nitrogen and oxygen atoms in total. The summed E-state index contributed by atoms with van der Waals surface area (Å²) >= 11 is 7.10. The van der Waals surface area contributed by atoms with Crippen LogP contribution in [0.25, 0.3) is 21.3 Å². The number of aromatic amines is 1. The summed E-state index contributed by atoms with van der Waals surface area (Å²) in [4.78, 5) is 8.98. The van der Waals surface area contributed by atoms with Gasteiger partial charge in [0.1, 0.15) is 10.5 Å². The smallest absolute Gasteiger partial charge is 0.137 e. The Bertz CT molecular complexity index is 742. The first-order chi connectivity index (χ1) is 8.78. The topological polar surface area (TPSA) is 28.7 Å². The van der Waals surface area contributed by atoms with Gasteiger partial charge >= 0.3 is 0 Å². The van der Waals surface area contributed by atoms with Crippen LogP contribution in [0.2, 0.25) is 0 Å². The van der Waals surface area contributed by atoms with Crippen LogP contribution in [0, 0.1) is 4.64 Å². The minimum atomic E-state index is 0.680. The molecule has 0 aliphatic heterocycles. The van der Waals surface area contributed by atoms with Crippen molar-refractivity contribution in [2.24, 2.45) is 0 Å². The van der Waals surface area contributed by atoms with E-state index in [1.807, 2.05) is 0 Å². The predicted octanol–water partition coefficient (Wildman–Crippen LogP) is 4.58. The zero-order valence-electron chi connectivity index (χ0n) is 9.93. The minimum Gasteiger partial charge on any atom is -0.343 e. The van der Waals surface area contributed by atoms with Crippen molar-refractivity contribution in [2.45, 2.75) is 13.3 Å². The zero-order chi connectivity index (χ0) is 12.5. The van der Waals surface area contributed by atoms with Crippen molar-refractivity contribution in [3.63, 3.8) is 0 Å². The molecule has 90 valence electrons. The van der Waals surface area contributed by atoms with Crippen LogP contribution < -0.4 is 0 Å². The second-order valence-corrected chi connectivity index (χ2v) is 5.41. The summed E-state index contributed by atoms with van der Waals surface area (Å²) in [6.07, 6.45) is 0.867. The fourth-order valence-corrected chi connectivity index (χ4v) is 2.96. The van der Waals surface area contributed by atoms with E-state index in [0.717, 1.165) is 23.1 Å². The van der Waals surface area contributed by atoms with Gasteiger partial charge in [0.2, 0.25) is 0 Å². The van der Waals surface area contributed by atoms with Gasteiger partial charge in [0, 0.05) is 22.2 Å². The Kier molecular flexibility index (Phi) is 2.97. The van der Waals surface area contributed by atoms with Crippen LogP contribution in [0.3, 0.4) is 0 Å². The maximum Gasteiger partial charge on any atom is 0.137 e. The number of fused-ring (bicyclic) bond motifs is 1. The van der Waals surface area contributed by atoms with Crippen molar-refractivity contribution in [1.29, 1.82) is 0 Å². The van der Waals surface area contributed by atoms with Crippen molar-refractivity contribution < 1.29 is 0 Å². The molecule has 0 amide bonds. The SMILES string of the molecule is CCc1nc(=S)c2cc(-c3cccs3)ccc2[nH]1. The van der Waals surface area contributed by atoms with Gasteiger partial charge in [-0.2, -0.15) is 0 Å². The van der Waals surface area contributed by atoms with Crippen LogP contribution in [-0.4, -0.2) is 9.97 Å². The molecule has 0 spiro atoms. The summed E-state index contributed by atoms with van der Waals surface area (Å²) < 4.78 is 0.680. The maximum absolute atomic E-state index is 5.37. The third-order valence-electron chi connectivity index (χ3n) is 2.91. The molecular formula is C14H12N2S2. The molecule has 0 saturated heterocycles. The van der Waals surface area contributed by atoms with Gasteiger partial charge in [0.25, 0.3) is 0 Å². The number of nitrogens with zero attached hydrogens (tertiary/aromatic N) is 1. The molecule has 3 aromatic rings. The Hall–Kier alpha value is -1.52. The van der Waals surface area contributed by atoms with Crippen LogP contribution in [0.4, 0.5) is 0 Å². The van der Waals surface area contributed by atoms with E-state index in [2.05, 4.69) is 52.6 Å². The number of benzene rings is 1. The molecule has 0 fully saturated rings. The summed E-state index contributed by atoms with van der Waals surface area (Å²) in [6, 6.07) is 10.5. The van der Waals surface area contributed by atoms with E-state index in [-0.39, 0.29) is 0 Å². The summed E-state index contributed by atoms with van der Waals surface area (Å²) in [5.74, 6) is 0.941. The van der Waals surface area contributed by atoms with E-state index < -0.39 is 0 Å². The largest absolute Gasteiger partial charge is 0.343 e. The standard InChI is InChI=1S/C14H12N2S2/c1-2-13-15-11-6-5-9(12-4-3-7-18-12)8-10(11)14(17)16-13/h3-8H,2H2,1H3,(H,15,16,17). The Morgan fingerprint density at radius 1 is 1.33 bits per heavy atom. The molecule has 0 atom stereocenters. The van der Waals surface area contributed by atoms with Crippen molar-refractivity contribution in [3.8, 4) is 10.4 Å². The maximum atomic E-state index is 5.37. The number of H-pyrrole nitrogens is 1. The predicted molar refractivity (Wildman–Crippen MR) is 79.6 cm³/mol. The second-order valence-electron chi connectivity index (χ2n) is 4.08. The normalized spacial score (nSPS) is 10.9. The average Bonchev–Trinajstić information content (AvgIpc) is 2.92. The van der Waals surface area contributed by atoms with Crippen molar-refractivity contribution in [1.82, 2.24) is 9.97 Å². The van der Waals surface area contributed by atoms with Crippen LogP contribution in [0.15, 0.2) is 35.7 Å². The van der Waals surface area contributed by atoms with Gasteiger partial charge in [-0.15, -0.1) is 11.3 Å². The molecule has 4 heteroatoms. The first-order valence-corrected chi connectivity index (χ1v) is 7.13. The summed E-state index contributed by atoms with van der Waals surface area (Å²) in [5.41, 5.74) is 2.26. The van der Waals surface area contributed by atoms with Crippen LogP contribution in [0.1, 0.15) is 12.7 Å². The van der Waals surface area contributed by atoms with Crippen molar-refractivity contribution in [3.05, 3.63) is 46.2 Å². The lowest BCUT2D eigenvalue weighted by molar-refractivity contribution is 0.955. The summed E-state index contributed by atoms with van der Waals surface area (Å²) in [7, 11) is 0. The third-order valence-corrected chi connectivity index (χ3v) is 4.14. The highest BCUT2D eigenvalue weighted by molar-refractivity contribution is 7.71. The number of nitrogens with one attached hydrogen (secondary N) is 1. The molecule has 3 rings (SSSR count). The minimum absolute atomic E-state index is 0.680. The molecule has 0 aliphatic rings. The molecule has 0 aliphatic carbocycles. The van der Waals surface area contributed by atoms with E-state index in [4.69, 9.17) is 12.2 Å². The Labute approximate surface area is 114 Å². The number of hydrogen-bond acceptors (Lipinski definition) is 3. The van der Waals surface area contributed by atoms with Gasteiger partial charge in [-0.3, -0.25) is 0 Å². The number of rotatable bonds is 2. The fourth-order valence-electron chi connectivity index (χ4n) is 1.96. The summed E-state index contributed by atoms with van der Waals surface area (Å²) in [6.45, 7) is 2.07. The van der Waals surface area contributed by atoms with Crippen molar-refractivity contribution in [2.75, 3.05) is 0 Å². The monoisotopic (exact) mass is 272 g/mol. The first-order valence-electron chi connectivity index (χ1n) is 5.85. The Balaban J connectivity index is 2.24. The number of hydrogen-bond donors (Lipinski definition) is 1. The lowest BCUT2D eigenvalue weighted by atomic mass is 10.1. The molecule has 2 aromatic heterocycles. The molecule has 0 saturated carbocycles. The quantitative estimate of drug-likeness (QED) is 0.692. The highest BCUT2D eigenvalue weighted by Gasteiger charge is 2.04. The van der Waals surface area contributed by atoms with E-state index in [0.29, 0.717) is 4.64 Å². The molecule has 1 aromatic carbocycles. The first kappa shape index (κ1) is 11.6. The van der Waals surface area contributed by atoms with Gasteiger partial charge in [0.15, 0.2) is 0 Å². The average molecular weight is 272 g/mol. The van der Waals surface area contributed by atoms with E-state index in [9.17, 15) is 0 Å². The van der Waals surface area contributed by atoms with E-state index in [1.165, 1.54) is 10.4 Å². The Morgan fingerprint density at radius 2 is 2.22 bits per heavy atom. The molecule has 2 heterocycles. The lowest BCUT2D eigenvalue weighted by Gasteiger charge is -2.04.